The summed E-state index contributed by atoms with van der Waals surface area (Å²) in [4.78, 5) is 20.6. The van der Waals surface area contributed by atoms with Crippen molar-refractivity contribution in [2.75, 3.05) is 5.32 Å². The summed E-state index contributed by atoms with van der Waals surface area (Å²) >= 11 is 9.66. The predicted octanol–water partition coefficient (Wildman–Crippen LogP) is 6.27. The molecule has 1 atom stereocenters. The maximum atomic E-state index is 13.7. The second kappa shape index (κ2) is 9.94. The van der Waals surface area contributed by atoms with Gasteiger partial charge in [-0.15, -0.1) is 0 Å². The van der Waals surface area contributed by atoms with Gasteiger partial charge in [0.1, 0.15) is 17.3 Å². The Morgan fingerprint density at radius 3 is 2.89 bits per heavy atom. The molecule has 1 amide bonds. The lowest BCUT2D eigenvalue weighted by atomic mass is 10.1. The summed E-state index contributed by atoms with van der Waals surface area (Å²) in [7, 11) is 0. The average molecular weight is 564 g/mol. The highest BCUT2D eigenvalue weighted by atomic mass is 79.9. The summed E-state index contributed by atoms with van der Waals surface area (Å²) in [6.45, 7) is 5.41. The van der Waals surface area contributed by atoms with Crippen molar-refractivity contribution in [3.8, 4) is 0 Å². The number of nitrogens with zero attached hydrogens (tertiary/aromatic N) is 4. The number of carbonyl (C=O) groups excluding carboxylic acids is 1. The fourth-order valence-corrected chi connectivity index (χ4v) is 4.38. The van der Waals surface area contributed by atoms with Gasteiger partial charge in [0.2, 0.25) is 0 Å². The zero-order valence-corrected chi connectivity index (χ0v) is 21.8. The van der Waals surface area contributed by atoms with E-state index in [0.717, 1.165) is 22.1 Å². The van der Waals surface area contributed by atoms with E-state index in [1.165, 1.54) is 18.2 Å². The highest BCUT2D eigenvalue weighted by molar-refractivity contribution is 9.10. The lowest BCUT2D eigenvalue weighted by Gasteiger charge is -2.18. The van der Waals surface area contributed by atoms with Crippen molar-refractivity contribution in [1.82, 2.24) is 9.61 Å². The summed E-state index contributed by atoms with van der Waals surface area (Å²) in [5, 5.41) is 8.23. The molecule has 1 aliphatic rings. The molecule has 2 heterocycles. The van der Waals surface area contributed by atoms with Crippen molar-refractivity contribution in [3.05, 3.63) is 57.5 Å². The van der Waals surface area contributed by atoms with Crippen molar-refractivity contribution in [1.29, 1.82) is 0 Å². The van der Waals surface area contributed by atoms with Crippen molar-refractivity contribution >= 4 is 62.1 Å². The van der Waals surface area contributed by atoms with E-state index in [2.05, 4.69) is 36.3 Å². The van der Waals surface area contributed by atoms with Crippen molar-refractivity contribution in [3.63, 3.8) is 0 Å². The molecular formula is C24H25BrClFN6O2. The van der Waals surface area contributed by atoms with Crippen molar-refractivity contribution in [2.45, 2.75) is 51.7 Å². The Morgan fingerprint density at radius 2 is 2.14 bits per heavy atom. The normalized spacial score (nSPS) is 17.8. The minimum absolute atomic E-state index is 0.000343. The van der Waals surface area contributed by atoms with Gasteiger partial charge in [-0.3, -0.25) is 0 Å². The van der Waals surface area contributed by atoms with Crippen LogP contribution in [0.1, 0.15) is 45.6 Å². The molecule has 4 rings (SSSR count). The van der Waals surface area contributed by atoms with Crippen LogP contribution >= 0.6 is 27.5 Å². The Labute approximate surface area is 215 Å². The molecule has 0 aliphatic heterocycles. The molecule has 1 aliphatic carbocycles. The van der Waals surface area contributed by atoms with E-state index in [-0.39, 0.29) is 22.6 Å². The summed E-state index contributed by atoms with van der Waals surface area (Å²) in [6.07, 6.45) is 4.84. The Hall–Kier alpha value is -2.98. The first kappa shape index (κ1) is 25.1. The van der Waals surface area contributed by atoms with Crippen LogP contribution in [0.25, 0.3) is 5.52 Å². The maximum absolute atomic E-state index is 13.7. The number of nitrogens with one attached hydrogen (secondary N) is 1. The zero-order valence-electron chi connectivity index (χ0n) is 19.5. The predicted molar refractivity (Wildman–Crippen MR) is 140 cm³/mol. The molecule has 2 aromatic heterocycles. The van der Waals surface area contributed by atoms with E-state index in [4.69, 9.17) is 22.1 Å². The molecule has 184 valence electrons. The molecule has 0 bridgehead atoms. The van der Waals surface area contributed by atoms with Gasteiger partial charge in [-0.05, 0) is 67.7 Å². The number of fused-ring (bicyclic) bond motifs is 1. The number of nitrogens with two attached hydrogens (primary N) is 1. The Balaban J connectivity index is 1.65. The van der Waals surface area contributed by atoms with E-state index in [0.29, 0.717) is 24.1 Å². The third-order valence-corrected chi connectivity index (χ3v) is 6.04. The van der Waals surface area contributed by atoms with Crippen LogP contribution in [0.3, 0.4) is 0 Å². The maximum Gasteiger partial charge on any atom is 0.434 e. The lowest BCUT2D eigenvalue weighted by molar-refractivity contribution is 0.0604. The van der Waals surface area contributed by atoms with Crippen LogP contribution in [0.15, 0.2) is 51.1 Å². The number of carbonyl (C=O) groups is 1. The molecule has 3 N–H and O–H groups in total. The second-order valence-electron chi connectivity index (χ2n) is 9.26. The first-order valence-electron chi connectivity index (χ1n) is 11.0. The van der Waals surface area contributed by atoms with E-state index in [1.807, 2.05) is 12.3 Å². The first-order chi connectivity index (χ1) is 16.5. The van der Waals surface area contributed by atoms with Gasteiger partial charge in [0.25, 0.3) is 0 Å². The number of halogens is 3. The summed E-state index contributed by atoms with van der Waals surface area (Å²) < 4.78 is 21.6. The number of anilines is 1. The number of aliphatic imine (C=N–C) groups is 2. The van der Waals surface area contributed by atoms with Gasteiger partial charge < -0.3 is 15.8 Å². The molecule has 11 heteroatoms. The van der Waals surface area contributed by atoms with E-state index in [1.54, 1.807) is 31.5 Å². The Kier molecular flexibility index (Phi) is 7.14. The number of benzene rings is 1. The number of hydrogen-bond acceptors (Lipinski definition) is 5. The Morgan fingerprint density at radius 1 is 1.37 bits per heavy atom. The van der Waals surface area contributed by atoms with Crippen LogP contribution in [-0.4, -0.2) is 38.9 Å². The molecular weight excluding hydrogens is 539 g/mol. The highest BCUT2D eigenvalue weighted by Gasteiger charge is 2.25. The molecule has 1 saturated carbocycles. The topological polar surface area (TPSA) is 106 Å². The number of hydrogen-bond donors (Lipinski definition) is 2. The number of ether oxygens (including phenoxy) is 1. The van der Waals surface area contributed by atoms with E-state index in [9.17, 15) is 9.18 Å². The molecule has 0 unspecified atom stereocenters. The summed E-state index contributed by atoms with van der Waals surface area (Å²) in [6, 6.07) is 5.81. The number of rotatable bonds is 4. The number of amidine groups is 1. The molecule has 0 radical (unpaired) electrons. The van der Waals surface area contributed by atoms with Gasteiger partial charge in [0.05, 0.1) is 33.7 Å². The lowest BCUT2D eigenvalue weighted by Crippen LogP contribution is -2.23. The number of aromatic nitrogens is 2. The fraction of sp³-hybridized carbons (Fsp3) is 0.333. The van der Waals surface area contributed by atoms with Gasteiger partial charge in [-0.1, -0.05) is 11.6 Å². The molecule has 35 heavy (non-hydrogen) atoms. The van der Waals surface area contributed by atoms with Gasteiger partial charge in [0.15, 0.2) is 0 Å². The zero-order chi connectivity index (χ0) is 25.3. The van der Waals surface area contributed by atoms with Crippen LogP contribution in [0.4, 0.5) is 20.6 Å². The smallest absolute Gasteiger partial charge is 0.434 e. The molecule has 1 fully saturated rings. The minimum atomic E-state index is -0.598. The Bertz CT molecular complexity index is 1350. The van der Waals surface area contributed by atoms with Gasteiger partial charge >= 0.3 is 6.09 Å². The van der Waals surface area contributed by atoms with Gasteiger partial charge in [-0.25, -0.2) is 18.7 Å². The van der Waals surface area contributed by atoms with Crippen LogP contribution in [0.2, 0.25) is 5.02 Å². The average Bonchev–Trinajstić information content (AvgIpc) is 3.34. The monoisotopic (exact) mass is 562 g/mol. The van der Waals surface area contributed by atoms with Crippen LogP contribution in [0, 0.1) is 5.82 Å². The van der Waals surface area contributed by atoms with Crippen molar-refractivity contribution in [2.24, 2.45) is 15.7 Å². The van der Waals surface area contributed by atoms with E-state index >= 15 is 0 Å². The fourth-order valence-electron chi connectivity index (χ4n) is 3.80. The second-order valence-corrected chi connectivity index (χ2v) is 10.6. The van der Waals surface area contributed by atoms with Crippen molar-refractivity contribution < 1.29 is 13.9 Å². The SMILES string of the molecule is CC(C)(C)OC(=O)/N=C1/CC[C@@H](Nc2c(C(N)=Nc3cc(F)ccc3Cl)cnn3cc(Br)cc23)C1. The van der Waals surface area contributed by atoms with Crippen LogP contribution in [-0.2, 0) is 4.74 Å². The molecule has 8 nitrogen and oxygen atoms in total. The third kappa shape index (κ3) is 6.18. The molecule has 3 aromatic rings. The quantitative estimate of drug-likeness (QED) is 0.288. The third-order valence-electron chi connectivity index (χ3n) is 5.28. The first-order valence-corrected chi connectivity index (χ1v) is 12.2. The largest absolute Gasteiger partial charge is 0.442 e. The summed E-state index contributed by atoms with van der Waals surface area (Å²) in [5.74, 6) is -0.334. The molecule has 1 aromatic carbocycles. The van der Waals surface area contributed by atoms with Crippen LogP contribution < -0.4 is 11.1 Å². The van der Waals surface area contributed by atoms with Gasteiger partial charge in [-0.2, -0.15) is 10.1 Å². The standard InChI is InChI=1S/C24H25BrClFN6O2/c1-24(2,3)35-23(34)31-16-6-5-15(10-16)30-21-17(11-29-33-12-13(25)8-20(21)33)22(28)32-19-9-14(27)4-7-18(19)26/h4,7-9,11-12,15,30H,5-6,10H2,1-3H3,(H2,28,32)/b31-16-/t15-/m1/s1. The number of amides is 1. The highest BCUT2D eigenvalue weighted by Crippen LogP contribution is 2.31. The molecule has 0 saturated heterocycles. The van der Waals surface area contributed by atoms with E-state index < -0.39 is 17.5 Å². The van der Waals surface area contributed by atoms with Gasteiger partial charge in [0, 0.05) is 34.9 Å². The minimum Gasteiger partial charge on any atom is -0.442 e. The summed E-state index contributed by atoms with van der Waals surface area (Å²) in [5.41, 5.74) is 8.78. The molecule has 0 spiro atoms. The van der Waals surface area contributed by atoms with Crippen LogP contribution in [0.5, 0.6) is 0 Å².